The minimum atomic E-state index is -0.341. The molecule has 0 atom stereocenters. The van der Waals surface area contributed by atoms with Gasteiger partial charge >= 0.3 is 0 Å². The number of carbonyl (C=O) groups excluding carboxylic acids is 1. The van der Waals surface area contributed by atoms with E-state index in [2.05, 4.69) is 15.6 Å². The van der Waals surface area contributed by atoms with Crippen molar-refractivity contribution < 1.29 is 4.79 Å². The molecule has 2 N–H and O–H groups in total. The van der Waals surface area contributed by atoms with Gasteiger partial charge in [0.2, 0.25) is 0 Å². The molecule has 0 bridgehead atoms. The second-order valence-corrected chi connectivity index (χ2v) is 5.05. The summed E-state index contributed by atoms with van der Waals surface area (Å²) in [4.78, 5) is 18.5. The number of nitrogens with zero attached hydrogens (tertiary/aromatic N) is 2. The van der Waals surface area contributed by atoms with E-state index in [1.54, 1.807) is 19.2 Å². The Bertz CT molecular complexity index is 658. The van der Waals surface area contributed by atoms with Gasteiger partial charge in [-0.2, -0.15) is 0 Å². The first-order valence-electron chi connectivity index (χ1n) is 6.45. The van der Waals surface area contributed by atoms with Gasteiger partial charge in [-0.25, -0.2) is 4.98 Å². The first-order chi connectivity index (χ1) is 10.0. The van der Waals surface area contributed by atoms with E-state index < -0.39 is 0 Å². The molecule has 1 aromatic carbocycles. The van der Waals surface area contributed by atoms with Crippen LogP contribution in [0.3, 0.4) is 0 Å². The Morgan fingerprint density at radius 3 is 2.57 bits per heavy atom. The van der Waals surface area contributed by atoms with Gasteiger partial charge in [-0.1, -0.05) is 23.7 Å². The van der Waals surface area contributed by atoms with Crippen LogP contribution in [0.15, 0.2) is 36.4 Å². The van der Waals surface area contributed by atoms with Crippen molar-refractivity contribution in [3.8, 4) is 0 Å². The Morgan fingerprint density at radius 1 is 1.19 bits per heavy atom. The molecule has 21 heavy (non-hydrogen) atoms. The summed E-state index contributed by atoms with van der Waals surface area (Å²) < 4.78 is 0. The second-order valence-electron chi connectivity index (χ2n) is 4.64. The quantitative estimate of drug-likeness (QED) is 0.911. The molecule has 0 aliphatic rings. The molecule has 1 aromatic heterocycles. The van der Waals surface area contributed by atoms with Gasteiger partial charge in [0.25, 0.3) is 5.91 Å². The summed E-state index contributed by atoms with van der Waals surface area (Å²) in [6.45, 7) is 0. The number of para-hydroxylation sites is 2. The first kappa shape index (κ1) is 15.1. The van der Waals surface area contributed by atoms with Crippen LogP contribution in [0.5, 0.6) is 0 Å². The van der Waals surface area contributed by atoms with Crippen LogP contribution in [-0.4, -0.2) is 32.0 Å². The molecule has 0 saturated carbocycles. The summed E-state index contributed by atoms with van der Waals surface area (Å²) >= 11 is 6.06. The number of pyridine rings is 1. The predicted octanol–water partition coefficient (Wildman–Crippen LogP) is 3.10. The van der Waals surface area contributed by atoms with E-state index in [0.717, 1.165) is 5.69 Å². The number of amides is 1. The maximum absolute atomic E-state index is 12.4. The average Bonchev–Trinajstić information content (AvgIpc) is 2.48. The fourth-order valence-corrected chi connectivity index (χ4v) is 2.08. The highest BCUT2D eigenvalue weighted by Crippen LogP contribution is 2.25. The van der Waals surface area contributed by atoms with E-state index in [9.17, 15) is 4.79 Å². The van der Waals surface area contributed by atoms with Crippen molar-refractivity contribution in [3.63, 3.8) is 0 Å². The third-order valence-corrected chi connectivity index (χ3v) is 3.26. The molecular formula is C15H17ClN4O. The van der Waals surface area contributed by atoms with Crippen LogP contribution in [0.1, 0.15) is 10.5 Å². The minimum absolute atomic E-state index is 0.192. The molecule has 2 aromatic rings. The maximum Gasteiger partial charge on any atom is 0.275 e. The molecule has 6 heteroatoms. The molecule has 0 spiro atoms. The predicted molar refractivity (Wildman–Crippen MR) is 87.5 cm³/mol. The molecule has 2 rings (SSSR count). The summed E-state index contributed by atoms with van der Waals surface area (Å²) in [5, 5.41) is 6.04. The zero-order valence-corrected chi connectivity index (χ0v) is 12.9. The van der Waals surface area contributed by atoms with E-state index in [4.69, 9.17) is 11.6 Å². The van der Waals surface area contributed by atoms with Crippen LogP contribution in [-0.2, 0) is 0 Å². The van der Waals surface area contributed by atoms with Crippen LogP contribution in [0.4, 0.5) is 17.2 Å². The van der Waals surface area contributed by atoms with Gasteiger partial charge in [0.05, 0.1) is 16.4 Å². The molecule has 0 aliphatic carbocycles. The molecule has 0 aliphatic heterocycles. The Labute approximate surface area is 128 Å². The third-order valence-electron chi connectivity index (χ3n) is 2.95. The van der Waals surface area contributed by atoms with Gasteiger partial charge in [0, 0.05) is 21.1 Å². The highest BCUT2D eigenvalue weighted by molar-refractivity contribution is 6.34. The van der Waals surface area contributed by atoms with Crippen LogP contribution in [0, 0.1) is 0 Å². The highest BCUT2D eigenvalue weighted by atomic mass is 35.5. The van der Waals surface area contributed by atoms with Gasteiger partial charge < -0.3 is 15.5 Å². The SMILES string of the molecule is CNc1ccc(Cl)c(C(=O)Nc2ccccc2N(C)C)n1. The van der Waals surface area contributed by atoms with Crippen molar-refractivity contribution in [1.29, 1.82) is 0 Å². The third kappa shape index (κ3) is 3.44. The summed E-state index contributed by atoms with van der Waals surface area (Å²) in [5.41, 5.74) is 1.81. The summed E-state index contributed by atoms with van der Waals surface area (Å²) in [6.07, 6.45) is 0. The zero-order valence-electron chi connectivity index (χ0n) is 12.1. The maximum atomic E-state index is 12.4. The number of halogens is 1. The molecule has 0 radical (unpaired) electrons. The lowest BCUT2D eigenvalue weighted by Crippen LogP contribution is -2.18. The Morgan fingerprint density at radius 2 is 1.90 bits per heavy atom. The van der Waals surface area contributed by atoms with Crippen molar-refractivity contribution in [2.45, 2.75) is 0 Å². The lowest BCUT2D eigenvalue weighted by atomic mass is 10.2. The summed E-state index contributed by atoms with van der Waals surface area (Å²) in [7, 11) is 5.56. The van der Waals surface area contributed by atoms with Gasteiger partial charge in [-0.15, -0.1) is 0 Å². The van der Waals surface area contributed by atoms with Crippen LogP contribution >= 0.6 is 11.6 Å². The molecule has 1 amide bonds. The lowest BCUT2D eigenvalue weighted by molar-refractivity contribution is 0.102. The number of carbonyl (C=O) groups is 1. The van der Waals surface area contributed by atoms with Crippen molar-refractivity contribution in [1.82, 2.24) is 4.98 Å². The van der Waals surface area contributed by atoms with Crippen molar-refractivity contribution >= 4 is 34.7 Å². The zero-order chi connectivity index (χ0) is 15.4. The fourth-order valence-electron chi connectivity index (χ4n) is 1.89. The van der Waals surface area contributed by atoms with E-state index >= 15 is 0 Å². The molecule has 0 fully saturated rings. The Kier molecular flexibility index (Phi) is 4.65. The van der Waals surface area contributed by atoms with E-state index in [1.165, 1.54) is 0 Å². The van der Waals surface area contributed by atoms with E-state index in [0.29, 0.717) is 16.5 Å². The molecular weight excluding hydrogens is 288 g/mol. The van der Waals surface area contributed by atoms with Gasteiger partial charge in [0.1, 0.15) is 11.5 Å². The van der Waals surface area contributed by atoms with Crippen LogP contribution < -0.4 is 15.5 Å². The highest BCUT2D eigenvalue weighted by Gasteiger charge is 2.15. The number of anilines is 3. The standard InChI is InChI=1S/C15H17ClN4O/c1-17-13-9-8-10(16)14(19-13)15(21)18-11-6-4-5-7-12(11)20(2)3/h4-9H,1-3H3,(H,17,19)(H,18,21). The van der Waals surface area contributed by atoms with Gasteiger partial charge in [-0.3, -0.25) is 4.79 Å². The molecule has 1 heterocycles. The van der Waals surface area contributed by atoms with E-state index in [1.807, 2.05) is 43.3 Å². The normalized spacial score (nSPS) is 10.1. The number of hydrogen-bond donors (Lipinski definition) is 2. The molecule has 5 nitrogen and oxygen atoms in total. The van der Waals surface area contributed by atoms with Gasteiger partial charge in [0.15, 0.2) is 0 Å². The number of rotatable bonds is 4. The Hall–Kier alpha value is -2.27. The smallest absolute Gasteiger partial charge is 0.275 e. The Balaban J connectivity index is 2.30. The minimum Gasteiger partial charge on any atom is -0.376 e. The topological polar surface area (TPSA) is 57.3 Å². The number of nitrogens with one attached hydrogen (secondary N) is 2. The first-order valence-corrected chi connectivity index (χ1v) is 6.82. The van der Waals surface area contributed by atoms with Crippen molar-refractivity contribution in [3.05, 3.63) is 47.1 Å². The number of benzene rings is 1. The fraction of sp³-hybridized carbons (Fsp3) is 0.200. The summed E-state index contributed by atoms with van der Waals surface area (Å²) in [5.74, 6) is 0.247. The molecule has 0 unspecified atom stereocenters. The number of hydrogen-bond acceptors (Lipinski definition) is 4. The summed E-state index contributed by atoms with van der Waals surface area (Å²) in [6, 6.07) is 10.9. The number of aromatic nitrogens is 1. The van der Waals surface area contributed by atoms with Crippen molar-refractivity contribution in [2.24, 2.45) is 0 Å². The monoisotopic (exact) mass is 304 g/mol. The van der Waals surface area contributed by atoms with Crippen LogP contribution in [0.2, 0.25) is 5.02 Å². The van der Waals surface area contributed by atoms with E-state index in [-0.39, 0.29) is 11.6 Å². The molecule has 110 valence electrons. The van der Waals surface area contributed by atoms with Crippen molar-refractivity contribution in [2.75, 3.05) is 36.7 Å². The molecule has 0 saturated heterocycles. The average molecular weight is 305 g/mol. The lowest BCUT2D eigenvalue weighted by Gasteiger charge is -2.17. The second kappa shape index (κ2) is 6.45. The van der Waals surface area contributed by atoms with Crippen LogP contribution in [0.25, 0.3) is 0 Å². The largest absolute Gasteiger partial charge is 0.376 e. The van der Waals surface area contributed by atoms with Gasteiger partial charge in [-0.05, 0) is 24.3 Å².